The number of nitrogens with zero attached hydrogens (tertiary/aromatic N) is 3. The lowest BCUT2D eigenvalue weighted by molar-refractivity contribution is -0.257. The van der Waals surface area contributed by atoms with Crippen molar-refractivity contribution in [1.82, 2.24) is 15.2 Å². The molecule has 1 aromatic heterocycles. The average molecular weight is 571 g/mol. The van der Waals surface area contributed by atoms with Gasteiger partial charge in [-0.15, -0.1) is 0 Å². The maximum Gasteiger partial charge on any atom is 0.430 e. The molecule has 2 N–H and O–H groups in total. The normalized spacial score (nSPS) is 16.8. The van der Waals surface area contributed by atoms with Gasteiger partial charge in [0.05, 0.1) is 12.7 Å². The number of nitrogens with one attached hydrogen (secondary N) is 1. The Hall–Kier alpha value is -3.05. The second kappa shape index (κ2) is 12.4. The van der Waals surface area contributed by atoms with Crippen molar-refractivity contribution in [3.05, 3.63) is 52.7 Å². The van der Waals surface area contributed by atoms with Gasteiger partial charge in [0.1, 0.15) is 16.7 Å². The quantitative estimate of drug-likeness (QED) is 0.438. The first-order chi connectivity index (χ1) is 18.3. The third-order valence-electron chi connectivity index (χ3n) is 6.98. The van der Waals surface area contributed by atoms with Gasteiger partial charge in [0, 0.05) is 39.3 Å². The number of pyridine rings is 1. The minimum Gasteiger partial charge on any atom is -0.497 e. The van der Waals surface area contributed by atoms with E-state index in [0.717, 1.165) is 25.0 Å². The molecular formula is C27H34ClF3N4O4. The average Bonchev–Trinajstić information content (AvgIpc) is 2.90. The molecule has 1 saturated heterocycles. The first-order valence-electron chi connectivity index (χ1n) is 12.6. The number of amides is 2. The van der Waals surface area contributed by atoms with Crippen LogP contribution in [0, 0.1) is 11.8 Å². The van der Waals surface area contributed by atoms with Crippen molar-refractivity contribution < 1.29 is 32.6 Å². The molecule has 214 valence electrons. The van der Waals surface area contributed by atoms with Crippen LogP contribution in [0.15, 0.2) is 36.4 Å². The van der Waals surface area contributed by atoms with E-state index >= 15 is 0 Å². The molecule has 0 saturated carbocycles. The third-order valence-corrected chi connectivity index (χ3v) is 7.27. The van der Waals surface area contributed by atoms with Crippen LogP contribution in [-0.4, -0.2) is 73.8 Å². The fourth-order valence-corrected chi connectivity index (χ4v) is 4.95. The maximum absolute atomic E-state index is 13.9. The summed E-state index contributed by atoms with van der Waals surface area (Å²) in [6.45, 7) is 3.25. The van der Waals surface area contributed by atoms with Gasteiger partial charge in [-0.25, -0.2) is 4.98 Å². The Bertz CT molecular complexity index is 1170. The number of alkyl halides is 3. The predicted molar refractivity (Wildman–Crippen MR) is 142 cm³/mol. The van der Waals surface area contributed by atoms with Gasteiger partial charge < -0.3 is 25.0 Å². The van der Waals surface area contributed by atoms with E-state index in [0.29, 0.717) is 36.8 Å². The number of carbonyl (C=O) groups is 2. The Morgan fingerprint density at radius 1 is 1.23 bits per heavy atom. The van der Waals surface area contributed by atoms with Crippen LogP contribution in [0.25, 0.3) is 0 Å². The molecule has 8 nitrogen and oxygen atoms in total. The molecule has 0 radical (unpaired) electrons. The Labute approximate surface area is 231 Å². The van der Waals surface area contributed by atoms with Crippen LogP contribution in [0.4, 0.5) is 19.0 Å². The van der Waals surface area contributed by atoms with Crippen molar-refractivity contribution in [2.75, 3.05) is 45.7 Å². The number of hydrogen-bond acceptors (Lipinski definition) is 6. The molecule has 1 unspecified atom stereocenters. The van der Waals surface area contributed by atoms with E-state index in [1.165, 1.54) is 24.1 Å². The van der Waals surface area contributed by atoms with Crippen LogP contribution in [0.3, 0.4) is 0 Å². The van der Waals surface area contributed by atoms with Crippen molar-refractivity contribution in [3.8, 4) is 5.75 Å². The topological polar surface area (TPSA) is 95.0 Å². The molecule has 12 heteroatoms. The van der Waals surface area contributed by atoms with Crippen LogP contribution in [-0.2, 0) is 10.4 Å². The molecule has 39 heavy (non-hydrogen) atoms. The van der Waals surface area contributed by atoms with E-state index in [4.69, 9.17) is 16.3 Å². The molecule has 2 atom stereocenters. The molecule has 1 fully saturated rings. The lowest BCUT2D eigenvalue weighted by atomic mass is 9.87. The summed E-state index contributed by atoms with van der Waals surface area (Å²) in [7, 11) is 4.57. The smallest absolute Gasteiger partial charge is 0.430 e. The van der Waals surface area contributed by atoms with Crippen molar-refractivity contribution in [2.24, 2.45) is 11.8 Å². The van der Waals surface area contributed by atoms with Crippen molar-refractivity contribution in [3.63, 3.8) is 0 Å². The van der Waals surface area contributed by atoms with Gasteiger partial charge in [-0.2, -0.15) is 13.2 Å². The van der Waals surface area contributed by atoms with Crippen LogP contribution >= 0.6 is 11.6 Å². The zero-order valence-electron chi connectivity index (χ0n) is 22.4. The summed E-state index contributed by atoms with van der Waals surface area (Å²) in [6.07, 6.45) is -2.88. The highest BCUT2D eigenvalue weighted by molar-refractivity contribution is 6.32. The van der Waals surface area contributed by atoms with E-state index in [2.05, 4.69) is 15.2 Å². The summed E-state index contributed by atoms with van der Waals surface area (Å²) in [5.74, 6) is -0.786. The van der Waals surface area contributed by atoms with Crippen LogP contribution < -0.4 is 15.0 Å². The number of aliphatic hydroxyl groups is 1. The molecule has 1 aliphatic rings. The van der Waals surface area contributed by atoms with Gasteiger partial charge in [0.2, 0.25) is 0 Å². The molecule has 2 heterocycles. The van der Waals surface area contributed by atoms with Crippen LogP contribution in [0.1, 0.15) is 42.1 Å². The number of piperidine rings is 1. The highest BCUT2D eigenvalue weighted by atomic mass is 35.5. The molecular weight excluding hydrogens is 537 g/mol. The first-order valence-corrected chi connectivity index (χ1v) is 13.0. The standard InChI is InChI=1S/C27H34ClF3N4O4/c1-17(16-32-25(37)26(38,27(29,30)31)19-6-5-7-20(15-19)39-4)14-18-10-12-35(13-11-18)22-9-8-21(23(28)33-22)24(36)34(2)3/h5-9,15,17-18,38H,10-14,16H2,1-4H3,(H,32,37)/t17-,26?/m0/s1. The molecule has 2 amide bonds. The van der Waals surface area contributed by atoms with Gasteiger partial charge in [-0.1, -0.05) is 30.7 Å². The van der Waals surface area contributed by atoms with Crippen molar-refractivity contribution in [2.45, 2.75) is 38.0 Å². The highest BCUT2D eigenvalue weighted by Crippen LogP contribution is 2.40. The number of hydrogen-bond donors (Lipinski definition) is 2. The third kappa shape index (κ3) is 6.94. The van der Waals surface area contributed by atoms with Crippen LogP contribution in [0.2, 0.25) is 5.15 Å². The molecule has 1 aliphatic heterocycles. The van der Waals surface area contributed by atoms with E-state index in [1.807, 2.05) is 6.92 Å². The maximum atomic E-state index is 13.9. The van der Waals surface area contributed by atoms with E-state index in [1.54, 1.807) is 26.2 Å². The van der Waals surface area contributed by atoms with Gasteiger partial charge in [0.25, 0.3) is 17.4 Å². The number of benzene rings is 1. The van der Waals surface area contributed by atoms with E-state index in [-0.39, 0.29) is 29.3 Å². The zero-order chi connectivity index (χ0) is 29.0. The van der Waals surface area contributed by atoms with Gasteiger partial charge in [-0.05, 0) is 55.4 Å². The largest absolute Gasteiger partial charge is 0.497 e. The lowest BCUT2D eigenvalue weighted by Crippen LogP contribution is -2.55. The minimum atomic E-state index is -5.23. The number of rotatable bonds is 9. The summed E-state index contributed by atoms with van der Waals surface area (Å²) in [6, 6.07) is 8.19. The SMILES string of the molecule is COc1cccc(C(O)(C(=O)NC[C@@H](C)CC2CCN(c3ccc(C(=O)N(C)C)c(Cl)n3)CC2)C(F)(F)F)c1. The molecule has 1 aromatic carbocycles. The Morgan fingerprint density at radius 2 is 1.90 bits per heavy atom. The Balaban J connectivity index is 1.55. The van der Waals surface area contributed by atoms with Gasteiger partial charge in [-0.3, -0.25) is 9.59 Å². The number of methoxy groups -OCH3 is 1. The second-order valence-corrected chi connectivity index (χ2v) is 10.5. The summed E-state index contributed by atoms with van der Waals surface area (Å²) < 4.78 is 46.6. The minimum absolute atomic E-state index is 0.0140. The number of anilines is 1. The number of carbonyl (C=O) groups excluding carboxylic acids is 2. The fourth-order valence-electron chi connectivity index (χ4n) is 4.72. The monoisotopic (exact) mass is 570 g/mol. The predicted octanol–water partition coefficient (Wildman–Crippen LogP) is 4.25. The van der Waals surface area contributed by atoms with E-state index < -0.39 is 23.2 Å². The second-order valence-electron chi connectivity index (χ2n) is 10.1. The van der Waals surface area contributed by atoms with Crippen molar-refractivity contribution >= 4 is 29.2 Å². The molecule has 0 bridgehead atoms. The summed E-state index contributed by atoms with van der Waals surface area (Å²) in [5.41, 5.74) is -3.98. The highest BCUT2D eigenvalue weighted by Gasteiger charge is 2.60. The Kier molecular flexibility index (Phi) is 9.71. The first kappa shape index (κ1) is 30.5. The van der Waals surface area contributed by atoms with Crippen molar-refractivity contribution in [1.29, 1.82) is 0 Å². The summed E-state index contributed by atoms with van der Waals surface area (Å²) >= 11 is 6.25. The van der Waals surface area contributed by atoms with Crippen LogP contribution in [0.5, 0.6) is 5.75 Å². The zero-order valence-corrected chi connectivity index (χ0v) is 23.1. The summed E-state index contributed by atoms with van der Waals surface area (Å²) in [5, 5.41) is 13.0. The number of aromatic nitrogens is 1. The fraction of sp³-hybridized carbons (Fsp3) is 0.519. The lowest BCUT2D eigenvalue weighted by Gasteiger charge is -2.34. The number of ether oxygens (including phenoxy) is 1. The molecule has 0 aliphatic carbocycles. The molecule has 3 rings (SSSR count). The Morgan fingerprint density at radius 3 is 2.46 bits per heavy atom. The number of halogens is 4. The molecule has 2 aromatic rings. The molecule has 0 spiro atoms. The van der Waals surface area contributed by atoms with Gasteiger partial charge in [0.15, 0.2) is 0 Å². The van der Waals surface area contributed by atoms with E-state index in [9.17, 15) is 27.9 Å². The summed E-state index contributed by atoms with van der Waals surface area (Å²) in [4.78, 5) is 32.7. The van der Waals surface area contributed by atoms with Gasteiger partial charge >= 0.3 is 6.18 Å².